The van der Waals surface area contributed by atoms with Crippen LogP contribution in [0.3, 0.4) is 0 Å². The number of aromatic nitrogens is 5. The zero-order valence-corrected chi connectivity index (χ0v) is 12.7. The Bertz CT molecular complexity index is 856. The number of fused-ring (bicyclic) bond motifs is 1. The number of hydrogen-bond acceptors (Lipinski definition) is 5. The summed E-state index contributed by atoms with van der Waals surface area (Å²) in [6, 6.07) is 5.41. The van der Waals surface area contributed by atoms with Gasteiger partial charge in [-0.05, 0) is 25.5 Å². The van der Waals surface area contributed by atoms with Gasteiger partial charge in [-0.15, -0.1) is 0 Å². The van der Waals surface area contributed by atoms with Crippen LogP contribution >= 0.6 is 0 Å². The molecular formula is C16H18N6O. The number of aromatic amines is 1. The van der Waals surface area contributed by atoms with E-state index in [4.69, 9.17) is 0 Å². The predicted octanol–water partition coefficient (Wildman–Crippen LogP) is 1.19. The van der Waals surface area contributed by atoms with Crippen molar-refractivity contribution >= 4 is 5.65 Å². The lowest BCUT2D eigenvalue weighted by molar-refractivity contribution is 0.196. The van der Waals surface area contributed by atoms with E-state index in [1.54, 1.807) is 24.8 Å². The zero-order valence-electron chi connectivity index (χ0n) is 12.7. The first-order chi connectivity index (χ1) is 11.3. The first-order valence-electron chi connectivity index (χ1n) is 7.84. The van der Waals surface area contributed by atoms with Gasteiger partial charge in [0.25, 0.3) is 5.56 Å². The Morgan fingerprint density at radius 2 is 2.30 bits per heavy atom. The standard InChI is InChI=1S/C16H18N6O/c23-16-8-13(20-15-4-6-19-22(15)16)10-21-7-1-2-12(9-21)14-3-5-17-11-18-14/h3-6,8,11-12,19H,1-2,7,9-10H2. The van der Waals surface area contributed by atoms with Crippen molar-refractivity contribution in [3.63, 3.8) is 0 Å². The van der Waals surface area contributed by atoms with E-state index < -0.39 is 0 Å². The minimum Gasteiger partial charge on any atom is -0.297 e. The molecule has 1 aliphatic heterocycles. The summed E-state index contributed by atoms with van der Waals surface area (Å²) in [6.07, 6.45) is 7.39. The molecule has 0 aromatic carbocycles. The maximum absolute atomic E-state index is 12.0. The summed E-state index contributed by atoms with van der Waals surface area (Å²) in [5.74, 6) is 0.420. The highest BCUT2D eigenvalue weighted by Crippen LogP contribution is 2.25. The summed E-state index contributed by atoms with van der Waals surface area (Å²) < 4.78 is 1.45. The van der Waals surface area contributed by atoms with E-state index in [1.165, 1.54) is 4.52 Å². The monoisotopic (exact) mass is 310 g/mol. The lowest BCUT2D eigenvalue weighted by Crippen LogP contribution is -2.35. The molecule has 4 rings (SSSR count). The molecule has 1 fully saturated rings. The van der Waals surface area contributed by atoms with Gasteiger partial charge in [0.15, 0.2) is 5.65 Å². The number of hydrogen-bond donors (Lipinski definition) is 1. The van der Waals surface area contributed by atoms with Crippen molar-refractivity contribution in [2.24, 2.45) is 0 Å². The van der Waals surface area contributed by atoms with E-state index in [0.717, 1.165) is 37.3 Å². The Labute approximate surface area is 133 Å². The topological polar surface area (TPSA) is 79.2 Å². The van der Waals surface area contributed by atoms with Crippen molar-refractivity contribution in [2.75, 3.05) is 13.1 Å². The summed E-state index contributed by atoms with van der Waals surface area (Å²) in [5.41, 5.74) is 2.51. The number of likely N-dealkylation sites (tertiary alicyclic amines) is 1. The molecule has 0 spiro atoms. The number of piperidine rings is 1. The van der Waals surface area contributed by atoms with Gasteiger partial charge in [0.2, 0.25) is 0 Å². The second-order valence-corrected chi connectivity index (χ2v) is 5.95. The van der Waals surface area contributed by atoms with Crippen LogP contribution in [0.5, 0.6) is 0 Å². The summed E-state index contributed by atoms with van der Waals surface area (Å²) >= 11 is 0. The van der Waals surface area contributed by atoms with Crippen molar-refractivity contribution in [1.82, 2.24) is 29.5 Å². The van der Waals surface area contributed by atoms with Crippen molar-refractivity contribution in [3.05, 3.63) is 58.7 Å². The minimum absolute atomic E-state index is 0.0700. The van der Waals surface area contributed by atoms with E-state index in [0.29, 0.717) is 18.1 Å². The number of H-pyrrole nitrogens is 1. The molecule has 23 heavy (non-hydrogen) atoms. The highest BCUT2D eigenvalue weighted by molar-refractivity contribution is 5.36. The average Bonchev–Trinajstić information content (AvgIpc) is 3.05. The van der Waals surface area contributed by atoms with Crippen molar-refractivity contribution in [1.29, 1.82) is 0 Å². The molecular weight excluding hydrogens is 292 g/mol. The molecule has 0 aliphatic carbocycles. The Hall–Kier alpha value is -2.54. The second-order valence-electron chi connectivity index (χ2n) is 5.95. The molecule has 1 atom stereocenters. The van der Waals surface area contributed by atoms with E-state index in [9.17, 15) is 4.79 Å². The van der Waals surface area contributed by atoms with Crippen LogP contribution in [0.1, 0.15) is 30.1 Å². The zero-order chi connectivity index (χ0) is 15.6. The largest absolute Gasteiger partial charge is 0.297 e. The molecule has 3 aromatic rings. The normalized spacial score (nSPS) is 19.2. The van der Waals surface area contributed by atoms with E-state index in [2.05, 4.69) is 25.0 Å². The van der Waals surface area contributed by atoms with Gasteiger partial charge in [-0.1, -0.05) is 0 Å². The third-order valence-corrected chi connectivity index (χ3v) is 4.35. The molecule has 0 amide bonds. The van der Waals surface area contributed by atoms with Crippen LogP contribution in [0.2, 0.25) is 0 Å². The average molecular weight is 310 g/mol. The van der Waals surface area contributed by atoms with Gasteiger partial charge in [-0.2, -0.15) is 0 Å². The highest BCUT2D eigenvalue weighted by atomic mass is 16.1. The van der Waals surface area contributed by atoms with Crippen LogP contribution in [0.15, 0.2) is 41.7 Å². The fourth-order valence-corrected chi connectivity index (χ4v) is 3.27. The highest BCUT2D eigenvalue weighted by Gasteiger charge is 2.22. The number of rotatable bonds is 3. The minimum atomic E-state index is -0.0700. The predicted molar refractivity (Wildman–Crippen MR) is 85.1 cm³/mol. The smallest absolute Gasteiger partial charge is 0.272 e. The summed E-state index contributed by atoms with van der Waals surface area (Å²) in [4.78, 5) is 27.3. The van der Waals surface area contributed by atoms with Gasteiger partial charge >= 0.3 is 0 Å². The van der Waals surface area contributed by atoms with Crippen LogP contribution in [-0.2, 0) is 6.54 Å². The molecule has 118 valence electrons. The molecule has 0 saturated carbocycles. The van der Waals surface area contributed by atoms with Gasteiger partial charge < -0.3 is 0 Å². The lowest BCUT2D eigenvalue weighted by Gasteiger charge is -2.32. The maximum atomic E-state index is 12.0. The molecule has 0 bridgehead atoms. The second kappa shape index (κ2) is 5.92. The fraction of sp³-hybridized carbons (Fsp3) is 0.375. The van der Waals surface area contributed by atoms with E-state index >= 15 is 0 Å². The first-order valence-corrected chi connectivity index (χ1v) is 7.84. The van der Waals surface area contributed by atoms with Gasteiger partial charge in [0.05, 0.1) is 5.69 Å². The molecule has 4 heterocycles. The molecule has 1 N–H and O–H groups in total. The van der Waals surface area contributed by atoms with Gasteiger partial charge in [0.1, 0.15) is 6.33 Å². The van der Waals surface area contributed by atoms with Gasteiger partial charge in [-0.25, -0.2) is 19.5 Å². The van der Waals surface area contributed by atoms with E-state index in [-0.39, 0.29) is 5.56 Å². The molecule has 0 radical (unpaired) electrons. The molecule has 1 unspecified atom stereocenters. The number of nitrogens with zero attached hydrogens (tertiary/aromatic N) is 5. The molecule has 1 aliphatic rings. The van der Waals surface area contributed by atoms with Crippen LogP contribution in [-0.4, -0.2) is 42.6 Å². The summed E-state index contributed by atoms with van der Waals surface area (Å²) in [5, 5.41) is 2.86. The molecule has 7 heteroatoms. The van der Waals surface area contributed by atoms with E-state index in [1.807, 2.05) is 12.1 Å². The lowest BCUT2D eigenvalue weighted by atomic mass is 9.94. The van der Waals surface area contributed by atoms with Gasteiger partial charge in [-0.3, -0.25) is 14.8 Å². The third kappa shape index (κ3) is 2.87. The Morgan fingerprint density at radius 3 is 3.17 bits per heavy atom. The molecule has 1 saturated heterocycles. The van der Waals surface area contributed by atoms with Crippen molar-refractivity contribution in [3.8, 4) is 0 Å². The molecule has 3 aromatic heterocycles. The third-order valence-electron chi connectivity index (χ3n) is 4.35. The Balaban J connectivity index is 1.52. The maximum Gasteiger partial charge on any atom is 0.272 e. The summed E-state index contributed by atoms with van der Waals surface area (Å²) in [7, 11) is 0. The van der Waals surface area contributed by atoms with Crippen LogP contribution < -0.4 is 5.56 Å². The fourth-order valence-electron chi connectivity index (χ4n) is 3.27. The van der Waals surface area contributed by atoms with Crippen molar-refractivity contribution in [2.45, 2.75) is 25.3 Å². The van der Waals surface area contributed by atoms with Crippen molar-refractivity contribution < 1.29 is 0 Å². The Kier molecular flexibility index (Phi) is 3.63. The SMILES string of the molecule is O=c1cc(CN2CCCC(c3ccncn3)C2)nc2cc[nH]n12. The quantitative estimate of drug-likeness (QED) is 0.786. The van der Waals surface area contributed by atoms with Crippen LogP contribution in [0.4, 0.5) is 0 Å². The Morgan fingerprint density at radius 1 is 1.35 bits per heavy atom. The van der Waals surface area contributed by atoms with Gasteiger partial charge in [0, 0.05) is 49.2 Å². The molecule has 7 nitrogen and oxygen atoms in total. The number of nitrogens with one attached hydrogen (secondary N) is 1. The first kappa shape index (κ1) is 14.1. The summed E-state index contributed by atoms with van der Waals surface area (Å²) in [6.45, 7) is 2.65. The van der Waals surface area contributed by atoms with Crippen LogP contribution in [0.25, 0.3) is 5.65 Å². The van der Waals surface area contributed by atoms with Crippen LogP contribution in [0, 0.1) is 0 Å².